The van der Waals surface area contributed by atoms with Gasteiger partial charge in [-0.2, -0.15) is 0 Å². The van der Waals surface area contributed by atoms with E-state index in [9.17, 15) is 4.79 Å². The van der Waals surface area contributed by atoms with Crippen LogP contribution in [-0.2, 0) is 16.0 Å². The third-order valence-electron chi connectivity index (χ3n) is 2.11. The van der Waals surface area contributed by atoms with Crippen molar-refractivity contribution in [2.24, 2.45) is 0 Å². The van der Waals surface area contributed by atoms with Crippen LogP contribution in [0.1, 0.15) is 18.4 Å². The van der Waals surface area contributed by atoms with Crippen molar-refractivity contribution >= 4 is 5.97 Å². The first-order chi connectivity index (χ1) is 7.33. The van der Waals surface area contributed by atoms with Gasteiger partial charge >= 0.3 is 5.97 Å². The predicted octanol–water partition coefficient (Wildman–Crippen LogP) is 2.74. The number of carbonyl (C=O) groups excluding carboxylic acids is 1. The molecule has 0 aromatic heterocycles. The van der Waals surface area contributed by atoms with Gasteiger partial charge in [0.15, 0.2) is 0 Å². The Bertz CT molecular complexity index is 315. The molecule has 2 nitrogen and oxygen atoms in total. The van der Waals surface area contributed by atoms with Crippen LogP contribution in [0.2, 0.25) is 0 Å². The van der Waals surface area contributed by atoms with Crippen LogP contribution in [0.3, 0.4) is 0 Å². The normalized spacial score (nSPS) is 10.5. The van der Waals surface area contributed by atoms with Gasteiger partial charge in [0.05, 0.1) is 7.11 Å². The SMILES string of the molecule is COC(=O)CC/C=C/Cc1ccccc1. The maximum absolute atomic E-state index is 10.8. The largest absolute Gasteiger partial charge is 0.469 e. The monoisotopic (exact) mass is 204 g/mol. The molecule has 1 aromatic carbocycles. The van der Waals surface area contributed by atoms with Crippen molar-refractivity contribution in [3.63, 3.8) is 0 Å². The second-order valence-corrected chi connectivity index (χ2v) is 3.28. The molecule has 0 heterocycles. The molecule has 0 fully saturated rings. The van der Waals surface area contributed by atoms with Crippen molar-refractivity contribution in [3.8, 4) is 0 Å². The highest BCUT2D eigenvalue weighted by Gasteiger charge is 1.95. The fourth-order valence-corrected chi connectivity index (χ4v) is 1.25. The molecule has 0 unspecified atom stereocenters. The Morgan fingerprint density at radius 1 is 1.27 bits per heavy atom. The van der Waals surface area contributed by atoms with Crippen LogP contribution < -0.4 is 0 Å². The van der Waals surface area contributed by atoms with Crippen molar-refractivity contribution in [1.29, 1.82) is 0 Å². The summed E-state index contributed by atoms with van der Waals surface area (Å²) in [6.45, 7) is 0. The number of allylic oxidation sites excluding steroid dienone is 2. The van der Waals surface area contributed by atoms with Gasteiger partial charge in [-0.3, -0.25) is 4.79 Å². The summed E-state index contributed by atoms with van der Waals surface area (Å²) >= 11 is 0. The van der Waals surface area contributed by atoms with E-state index in [0.717, 1.165) is 12.8 Å². The molecule has 0 bridgehead atoms. The molecule has 2 heteroatoms. The average Bonchev–Trinajstić information content (AvgIpc) is 2.29. The summed E-state index contributed by atoms with van der Waals surface area (Å²) in [6, 6.07) is 10.2. The van der Waals surface area contributed by atoms with Gasteiger partial charge in [-0.1, -0.05) is 42.5 Å². The quantitative estimate of drug-likeness (QED) is 0.544. The van der Waals surface area contributed by atoms with Gasteiger partial charge in [-0.15, -0.1) is 0 Å². The first-order valence-electron chi connectivity index (χ1n) is 5.08. The number of hydrogen-bond donors (Lipinski definition) is 0. The Morgan fingerprint density at radius 2 is 2.00 bits per heavy atom. The average molecular weight is 204 g/mol. The van der Waals surface area contributed by atoms with Crippen LogP contribution in [-0.4, -0.2) is 13.1 Å². The molecule has 0 aliphatic carbocycles. The maximum atomic E-state index is 10.8. The summed E-state index contributed by atoms with van der Waals surface area (Å²) in [5.74, 6) is -0.153. The van der Waals surface area contributed by atoms with Gasteiger partial charge in [-0.25, -0.2) is 0 Å². The standard InChI is InChI=1S/C13H16O2/c1-15-13(14)11-7-3-6-10-12-8-4-2-5-9-12/h2-6,8-9H,7,10-11H2,1H3/b6-3+. The topological polar surface area (TPSA) is 26.3 Å². The molecule has 0 aliphatic heterocycles. The van der Waals surface area contributed by atoms with Crippen molar-refractivity contribution in [1.82, 2.24) is 0 Å². The Hall–Kier alpha value is -1.57. The van der Waals surface area contributed by atoms with Gasteiger partial charge in [0.1, 0.15) is 0 Å². The minimum Gasteiger partial charge on any atom is -0.469 e. The molecule has 0 amide bonds. The van der Waals surface area contributed by atoms with Crippen LogP contribution in [0.25, 0.3) is 0 Å². The van der Waals surface area contributed by atoms with Crippen LogP contribution in [0.4, 0.5) is 0 Å². The summed E-state index contributed by atoms with van der Waals surface area (Å²) in [5, 5.41) is 0. The number of benzene rings is 1. The minimum atomic E-state index is -0.153. The third-order valence-corrected chi connectivity index (χ3v) is 2.11. The Balaban J connectivity index is 2.20. The van der Waals surface area contributed by atoms with Crippen LogP contribution in [0.15, 0.2) is 42.5 Å². The Kier molecular flexibility index (Phi) is 5.23. The van der Waals surface area contributed by atoms with Gasteiger partial charge in [-0.05, 0) is 18.4 Å². The molecule has 15 heavy (non-hydrogen) atoms. The van der Waals surface area contributed by atoms with E-state index in [2.05, 4.69) is 22.9 Å². The lowest BCUT2D eigenvalue weighted by Crippen LogP contribution is -1.97. The first-order valence-corrected chi connectivity index (χ1v) is 5.08. The molecular formula is C13H16O2. The lowest BCUT2D eigenvalue weighted by molar-refractivity contribution is -0.140. The van der Waals surface area contributed by atoms with Gasteiger partial charge < -0.3 is 4.74 Å². The van der Waals surface area contributed by atoms with E-state index in [-0.39, 0.29) is 5.97 Å². The summed E-state index contributed by atoms with van der Waals surface area (Å²) in [7, 11) is 1.41. The van der Waals surface area contributed by atoms with Crippen LogP contribution in [0, 0.1) is 0 Å². The Morgan fingerprint density at radius 3 is 2.67 bits per heavy atom. The number of esters is 1. The van der Waals surface area contributed by atoms with Gasteiger partial charge in [0.2, 0.25) is 0 Å². The zero-order chi connectivity index (χ0) is 10.9. The van der Waals surface area contributed by atoms with Crippen molar-refractivity contribution < 1.29 is 9.53 Å². The van der Waals surface area contributed by atoms with E-state index >= 15 is 0 Å². The summed E-state index contributed by atoms with van der Waals surface area (Å²) in [4.78, 5) is 10.8. The maximum Gasteiger partial charge on any atom is 0.305 e. The van der Waals surface area contributed by atoms with E-state index in [4.69, 9.17) is 0 Å². The number of carbonyl (C=O) groups is 1. The highest BCUT2D eigenvalue weighted by Crippen LogP contribution is 2.01. The fraction of sp³-hybridized carbons (Fsp3) is 0.308. The van der Waals surface area contributed by atoms with Crippen LogP contribution in [0.5, 0.6) is 0 Å². The Labute approximate surface area is 90.6 Å². The van der Waals surface area contributed by atoms with Gasteiger partial charge in [0.25, 0.3) is 0 Å². The molecule has 0 aliphatic rings. The molecular weight excluding hydrogens is 188 g/mol. The highest BCUT2D eigenvalue weighted by molar-refractivity contribution is 5.69. The minimum absolute atomic E-state index is 0.153. The summed E-state index contributed by atoms with van der Waals surface area (Å²) in [6.07, 6.45) is 6.23. The lowest BCUT2D eigenvalue weighted by Gasteiger charge is -1.95. The molecule has 0 saturated heterocycles. The molecule has 0 radical (unpaired) electrons. The number of hydrogen-bond acceptors (Lipinski definition) is 2. The molecule has 80 valence electrons. The predicted molar refractivity (Wildman–Crippen MR) is 60.5 cm³/mol. The number of methoxy groups -OCH3 is 1. The molecule has 1 aromatic rings. The summed E-state index contributed by atoms with van der Waals surface area (Å²) < 4.78 is 4.54. The van der Waals surface area contributed by atoms with E-state index < -0.39 is 0 Å². The lowest BCUT2D eigenvalue weighted by atomic mass is 10.1. The van der Waals surface area contributed by atoms with Gasteiger partial charge in [0, 0.05) is 6.42 Å². The summed E-state index contributed by atoms with van der Waals surface area (Å²) in [5.41, 5.74) is 1.28. The third kappa shape index (κ3) is 5.01. The van der Waals surface area contributed by atoms with E-state index in [1.54, 1.807) is 0 Å². The van der Waals surface area contributed by atoms with E-state index in [1.165, 1.54) is 12.7 Å². The second-order valence-electron chi connectivity index (χ2n) is 3.28. The smallest absolute Gasteiger partial charge is 0.305 e. The first kappa shape index (κ1) is 11.5. The highest BCUT2D eigenvalue weighted by atomic mass is 16.5. The number of rotatable bonds is 5. The van der Waals surface area contributed by atoms with Crippen molar-refractivity contribution in [2.75, 3.05) is 7.11 Å². The molecule has 1 rings (SSSR count). The molecule has 0 spiro atoms. The zero-order valence-electron chi connectivity index (χ0n) is 8.98. The van der Waals surface area contributed by atoms with Crippen molar-refractivity contribution in [2.45, 2.75) is 19.3 Å². The molecule has 0 atom stereocenters. The molecule has 0 N–H and O–H groups in total. The van der Waals surface area contributed by atoms with E-state index in [0.29, 0.717) is 6.42 Å². The second kappa shape index (κ2) is 6.82. The van der Waals surface area contributed by atoms with Crippen molar-refractivity contribution in [3.05, 3.63) is 48.0 Å². The zero-order valence-corrected chi connectivity index (χ0v) is 8.98. The molecule has 0 saturated carbocycles. The fourth-order valence-electron chi connectivity index (χ4n) is 1.25. The van der Waals surface area contributed by atoms with Crippen LogP contribution >= 0.6 is 0 Å². The van der Waals surface area contributed by atoms with E-state index in [1.807, 2.05) is 24.3 Å². The number of ether oxygens (including phenoxy) is 1.